The minimum Gasteiger partial charge on any atom is -0.356 e. The molecule has 0 amide bonds. The summed E-state index contributed by atoms with van der Waals surface area (Å²) in [6.45, 7) is 4.10. The maximum Gasteiger partial charge on any atom is 0.390 e. The Morgan fingerprint density at radius 3 is 2.40 bits per heavy atom. The second-order valence-corrected chi connectivity index (χ2v) is 4.49. The van der Waals surface area contributed by atoms with Crippen LogP contribution in [0.25, 0.3) is 0 Å². The van der Waals surface area contributed by atoms with Gasteiger partial charge in [-0.1, -0.05) is 0 Å². The van der Waals surface area contributed by atoms with Crippen molar-refractivity contribution < 1.29 is 13.2 Å². The lowest BCUT2D eigenvalue weighted by molar-refractivity contribution is -0.132. The molecular weight excluding hydrogens is 271 g/mol. The van der Waals surface area contributed by atoms with E-state index in [0.29, 0.717) is 12.5 Å². The Bertz CT molecular complexity index is 476. The van der Waals surface area contributed by atoms with Gasteiger partial charge in [0.05, 0.1) is 12.1 Å². The van der Waals surface area contributed by atoms with Gasteiger partial charge in [-0.25, -0.2) is 0 Å². The molecule has 8 heteroatoms. The van der Waals surface area contributed by atoms with Gasteiger partial charge < -0.3 is 10.6 Å². The highest BCUT2D eigenvalue weighted by Crippen LogP contribution is 2.18. The van der Waals surface area contributed by atoms with E-state index in [2.05, 4.69) is 20.7 Å². The topological polar surface area (TPSA) is 54.2 Å². The van der Waals surface area contributed by atoms with E-state index < -0.39 is 12.6 Å². The number of aromatic nitrogens is 2. The van der Waals surface area contributed by atoms with Crippen LogP contribution in [0, 0.1) is 13.8 Å². The molecule has 114 valence electrons. The third-order valence-electron chi connectivity index (χ3n) is 3.02. The molecule has 0 aromatic carbocycles. The minimum absolute atomic E-state index is 0.200. The molecule has 20 heavy (non-hydrogen) atoms. The molecule has 1 aromatic heterocycles. The molecule has 0 unspecified atom stereocenters. The summed E-state index contributed by atoms with van der Waals surface area (Å²) in [6, 6.07) is 0. The fourth-order valence-electron chi connectivity index (χ4n) is 1.79. The number of alkyl halides is 3. The smallest absolute Gasteiger partial charge is 0.356 e. The molecule has 0 spiro atoms. The maximum atomic E-state index is 12.1. The highest BCUT2D eigenvalue weighted by molar-refractivity contribution is 5.79. The first kappa shape index (κ1) is 16.3. The van der Waals surface area contributed by atoms with Crippen LogP contribution in [0.1, 0.15) is 23.4 Å². The zero-order valence-corrected chi connectivity index (χ0v) is 12.1. The third-order valence-corrected chi connectivity index (χ3v) is 3.02. The van der Waals surface area contributed by atoms with Crippen LogP contribution in [0.2, 0.25) is 0 Å². The number of aryl methyl sites for hydroxylation is 2. The predicted octanol–water partition coefficient (Wildman–Crippen LogP) is 1.65. The first-order valence-electron chi connectivity index (χ1n) is 6.25. The summed E-state index contributed by atoms with van der Waals surface area (Å²) in [4.78, 5) is 3.89. The molecule has 0 aliphatic rings. The molecule has 0 aliphatic heterocycles. The average Bonchev–Trinajstić information content (AvgIpc) is 2.57. The summed E-state index contributed by atoms with van der Waals surface area (Å²) in [7, 11) is 3.37. The number of nitrogens with one attached hydrogen (secondary N) is 2. The van der Waals surface area contributed by atoms with E-state index in [1.54, 1.807) is 4.68 Å². The summed E-state index contributed by atoms with van der Waals surface area (Å²) in [5.41, 5.74) is 2.93. The second-order valence-electron chi connectivity index (χ2n) is 4.49. The SMILES string of the molecule is CN=C(NCCC(F)(F)F)NCc1c(C)nn(C)c1C. The average molecular weight is 291 g/mol. The summed E-state index contributed by atoms with van der Waals surface area (Å²) in [5, 5.41) is 9.90. The van der Waals surface area contributed by atoms with E-state index in [1.807, 2.05) is 20.9 Å². The number of hydrogen-bond acceptors (Lipinski definition) is 2. The van der Waals surface area contributed by atoms with Crippen LogP contribution in [0.3, 0.4) is 0 Å². The van der Waals surface area contributed by atoms with Crippen LogP contribution in [-0.2, 0) is 13.6 Å². The van der Waals surface area contributed by atoms with E-state index in [4.69, 9.17) is 0 Å². The molecule has 0 saturated heterocycles. The van der Waals surface area contributed by atoms with Crippen LogP contribution in [0.4, 0.5) is 13.2 Å². The Kier molecular flexibility index (Phi) is 5.41. The van der Waals surface area contributed by atoms with Crippen molar-refractivity contribution in [3.05, 3.63) is 17.0 Å². The highest BCUT2D eigenvalue weighted by atomic mass is 19.4. The van der Waals surface area contributed by atoms with Crippen molar-refractivity contribution in [2.75, 3.05) is 13.6 Å². The van der Waals surface area contributed by atoms with Gasteiger partial charge >= 0.3 is 6.18 Å². The Morgan fingerprint density at radius 1 is 1.30 bits per heavy atom. The Hall–Kier alpha value is -1.73. The molecule has 1 heterocycles. The van der Waals surface area contributed by atoms with Gasteiger partial charge in [0.1, 0.15) is 0 Å². The van der Waals surface area contributed by atoms with Crippen LogP contribution < -0.4 is 10.6 Å². The van der Waals surface area contributed by atoms with E-state index >= 15 is 0 Å². The van der Waals surface area contributed by atoms with Gasteiger partial charge in [0.25, 0.3) is 0 Å². The van der Waals surface area contributed by atoms with Crippen molar-refractivity contribution in [2.45, 2.75) is 33.0 Å². The van der Waals surface area contributed by atoms with E-state index in [-0.39, 0.29) is 6.54 Å². The highest BCUT2D eigenvalue weighted by Gasteiger charge is 2.26. The monoisotopic (exact) mass is 291 g/mol. The van der Waals surface area contributed by atoms with Crippen molar-refractivity contribution in [3.8, 4) is 0 Å². The summed E-state index contributed by atoms with van der Waals surface area (Å²) in [6.07, 6.45) is -5.05. The first-order chi connectivity index (χ1) is 9.24. The number of nitrogens with zero attached hydrogens (tertiary/aromatic N) is 3. The molecule has 0 atom stereocenters. The first-order valence-corrected chi connectivity index (χ1v) is 6.25. The number of guanidine groups is 1. The van der Waals surface area contributed by atoms with Gasteiger partial charge in [0, 0.05) is 38.4 Å². The lowest BCUT2D eigenvalue weighted by Gasteiger charge is -2.13. The maximum absolute atomic E-state index is 12.1. The Morgan fingerprint density at radius 2 is 1.95 bits per heavy atom. The van der Waals surface area contributed by atoms with Gasteiger partial charge in [-0.05, 0) is 13.8 Å². The van der Waals surface area contributed by atoms with Gasteiger partial charge in [-0.15, -0.1) is 0 Å². The number of hydrogen-bond donors (Lipinski definition) is 2. The van der Waals surface area contributed by atoms with Crippen LogP contribution in [0.5, 0.6) is 0 Å². The van der Waals surface area contributed by atoms with E-state index in [0.717, 1.165) is 17.0 Å². The lowest BCUT2D eigenvalue weighted by atomic mass is 10.2. The third kappa shape index (κ3) is 4.75. The molecule has 5 nitrogen and oxygen atoms in total. The number of rotatable bonds is 4. The second kappa shape index (κ2) is 6.62. The summed E-state index contributed by atoms with van der Waals surface area (Å²) < 4.78 is 37.9. The van der Waals surface area contributed by atoms with Crippen molar-refractivity contribution in [2.24, 2.45) is 12.0 Å². The summed E-state index contributed by atoms with van der Waals surface area (Å²) >= 11 is 0. The molecule has 2 N–H and O–H groups in total. The Balaban J connectivity index is 2.50. The van der Waals surface area contributed by atoms with Crippen molar-refractivity contribution in [3.63, 3.8) is 0 Å². The summed E-state index contributed by atoms with van der Waals surface area (Å²) in [5.74, 6) is 0.344. The standard InChI is InChI=1S/C12H20F3N5/c1-8-10(9(2)20(4)19-8)7-18-11(16-3)17-6-5-12(13,14)15/h5-7H2,1-4H3,(H2,16,17,18). The van der Waals surface area contributed by atoms with Crippen LogP contribution in [0.15, 0.2) is 4.99 Å². The van der Waals surface area contributed by atoms with E-state index in [1.165, 1.54) is 7.05 Å². The zero-order chi connectivity index (χ0) is 15.3. The molecule has 0 fully saturated rings. The minimum atomic E-state index is -4.16. The molecule has 0 aliphatic carbocycles. The fourth-order valence-corrected chi connectivity index (χ4v) is 1.79. The molecule has 0 radical (unpaired) electrons. The molecule has 1 rings (SSSR count). The van der Waals surface area contributed by atoms with Gasteiger partial charge in [-0.3, -0.25) is 9.67 Å². The molecule has 0 saturated carbocycles. The number of aliphatic imine (C=N–C) groups is 1. The largest absolute Gasteiger partial charge is 0.390 e. The van der Waals surface area contributed by atoms with Gasteiger partial charge in [-0.2, -0.15) is 18.3 Å². The van der Waals surface area contributed by atoms with Crippen LogP contribution >= 0.6 is 0 Å². The zero-order valence-electron chi connectivity index (χ0n) is 12.1. The van der Waals surface area contributed by atoms with Crippen molar-refractivity contribution in [1.82, 2.24) is 20.4 Å². The predicted molar refractivity (Wildman–Crippen MR) is 71.6 cm³/mol. The van der Waals surface area contributed by atoms with Gasteiger partial charge in [0.2, 0.25) is 0 Å². The lowest BCUT2D eigenvalue weighted by Crippen LogP contribution is -2.38. The normalized spacial score (nSPS) is 12.7. The van der Waals surface area contributed by atoms with Crippen molar-refractivity contribution >= 4 is 5.96 Å². The Labute approximate surface area is 116 Å². The molecule has 1 aromatic rings. The fraction of sp³-hybridized carbons (Fsp3) is 0.667. The number of halogens is 3. The molecule has 0 bridgehead atoms. The van der Waals surface area contributed by atoms with Gasteiger partial charge in [0.15, 0.2) is 5.96 Å². The van der Waals surface area contributed by atoms with E-state index in [9.17, 15) is 13.2 Å². The van der Waals surface area contributed by atoms with Crippen molar-refractivity contribution in [1.29, 1.82) is 0 Å². The molecular formula is C12H20F3N5. The quantitative estimate of drug-likeness (QED) is 0.655. The van der Waals surface area contributed by atoms with Crippen LogP contribution in [-0.4, -0.2) is 35.5 Å².